The normalized spacial score (nSPS) is 11.7. The van der Waals surface area contributed by atoms with Crippen LogP contribution in [0.1, 0.15) is 28.1 Å². The Hall–Kier alpha value is -2.66. The molecule has 0 fully saturated rings. The number of benzene rings is 2. The molecule has 7 nitrogen and oxygen atoms in total. The third-order valence-corrected chi connectivity index (χ3v) is 7.19. The van der Waals surface area contributed by atoms with Crippen molar-refractivity contribution in [1.29, 1.82) is 0 Å². The maximum absolute atomic E-state index is 12.5. The smallest absolute Gasteiger partial charge is 0.260 e. The van der Waals surface area contributed by atoms with E-state index in [9.17, 15) is 13.2 Å². The van der Waals surface area contributed by atoms with Crippen LogP contribution in [-0.2, 0) is 14.8 Å². The molecule has 0 saturated carbocycles. The van der Waals surface area contributed by atoms with E-state index in [0.29, 0.717) is 5.69 Å². The van der Waals surface area contributed by atoms with Gasteiger partial charge in [-0.25, -0.2) is 13.8 Å². The third-order valence-electron chi connectivity index (χ3n) is 5.33. The summed E-state index contributed by atoms with van der Waals surface area (Å²) in [4.78, 5) is 12.5. The summed E-state index contributed by atoms with van der Waals surface area (Å²) in [7, 11) is -3.64. The molecule has 1 amide bonds. The Bertz CT molecular complexity index is 1290. The van der Waals surface area contributed by atoms with E-state index in [1.165, 1.54) is 11.1 Å². The highest BCUT2D eigenvalue weighted by Gasteiger charge is 2.20. The van der Waals surface area contributed by atoms with Gasteiger partial charge in [-0.05, 0) is 91.7 Å². The number of amides is 1. The number of hydrazone groups is 1. The van der Waals surface area contributed by atoms with Crippen LogP contribution in [-0.4, -0.2) is 37.9 Å². The Morgan fingerprint density at radius 2 is 1.70 bits per heavy atom. The van der Waals surface area contributed by atoms with E-state index < -0.39 is 15.9 Å². The van der Waals surface area contributed by atoms with Crippen molar-refractivity contribution in [1.82, 2.24) is 9.99 Å². The molecule has 0 aliphatic heterocycles. The molecule has 0 atom stereocenters. The fourth-order valence-corrected chi connectivity index (χ4v) is 4.98. The lowest BCUT2D eigenvalue weighted by atomic mass is 10.1. The van der Waals surface area contributed by atoms with Gasteiger partial charge in [0.15, 0.2) is 0 Å². The van der Waals surface area contributed by atoms with E-state index in [-0.39, 0.29) is 6.54 Å². The SMILES string of the molecule is Cc1cccc(C)c1-n1c(C)cc(/C=N\NC(=O)CN(c2ccc(I)cc2)S(C)(=O)=O)c1C. The van der Waals surface area contributed by atoms with Gasteiger partial charge >= 0.3 is 0 Å². The third kappa shape index (κ3) is 5.83. The highest BCUT2D eigenvalue weighted by molar-refractivity contribution is 14.1. The standard InChI is InChI=1S/C24H27IN4O3S/c1-16-7-6-8-17(2)24(16)29-18(3)13-20(19(29)4)14-26-27-23(30)15-28(33(5,31)32)22-11-9-21(25)10-12-22/h6-14H,15H2,1-5H3,(H,27,30)/b26-14-. The number of para-hydroxylation sites is 1. The van der Waals surface area contributed by atoms with Crippen molar-refractivity contribution in [3.05, 3.63) is 80.2 Å². The minimum atomic E-state index is -3.64. The lowest BCUT2D eigenvalue weighted by Gasteiger charge is -2.21. The summed E-state index contributed by atoms with van der Waals surface area (Å²) in [6.45, 7) is 7.83. The molecule has 174 valence electrons. The first-order valence-electron chi connectivity index (χ1n) is 10.3. The predicted octanol–water partition coefficient (Wildman–Crippen LogP) is 4.23. The van der Waals surface area contributed by atoms with Gasteiger partial charge in [0, 0.05) is 20.5 Å². The zero-order valence-corrected chi connectivity index (χ0v) is 22.2. The van der Waals surface area contributed by atoms with Gasteiger partial charge in [0.2, 0.25) is 10.0 Å². The van der Waals surface area contributed by atoms with Crippen molar-refractivity contribution in [2.24, 2.45) is 5.10 Å². The maximum atomic E-state index is 12.5. The van der Waals surface area contributed by atoms with E-state index in [2.05, 4.69) is 63.7 Å². The quantitative estimate of drug-likeness (QED) is 0.259. The molecule has 0 aliphatic rings. The predicted molar refractivity (Wildman–Crippen MR) is 142 cm³/mol. The average molecular weight is 578 g/mol. The summed E-state index contributed by atoms with van der Waals surface area (Å²) in [5, 5.41) is 4.08. The van der Waals surface area contributed by atoms with Gasteiger partial charge < -0.3 is 4.57 Å². The number of sulfonamides is 1. The van der Waals surface area contributed by atoms with Crippen LogP contribution in [0.4, 0.5) is 5.69 Å². The monoisotopic (exact) mass is 578 g/mol. The van der Waals surface area contributed by atoms with E-state index in [0.717, 1.165) is 36.8 Å². The Morgan fingerprint density at radius 3 is 2.27 bits per heavy atom. The number of aryl methyl sites for hydroxylation is 3. The van der Waals surface area contributed by atoms with E-state index in [4.69, 9.17) is 0 Å². The summed E-state index contributed by atoms with van der Waals surface area (Å²) in [5.41, 5.74) is 9.27. The zero-order valence-electron chi connectivity index (χ0n) is 19.3. The van der Waals surface area contributed by atoms with Gasteiger partial charge in [0.1, 0.15) is 6.54 Å². The summed E-state index contributed by atoms with van der Waals surface area (Å²) < 4.78 is 28.7. The van der Waals surface area contributed by atoms with Crippen molar-refractivity contribution in [2.75, 3.05) is 17.1 Å². The molecule has 2 aromatic carbocycles. The van der Waals surface area contributed by atoms with Crippen molar-refractivity contribution >= 4 is 50.4 Å². The van der Waals surface area contributed by atoms with E-state index in [1.807, 2.05) is 26.0 Å². The number of halogens is 1. The van der Waals surface area contributed by atoms with Crippen LogP contribution >= 0.6 is 22.6 Å². The Balaban J connectivity index is 1.77. The second-order valence-electron chi connectivity index (χ2n) is 7.94. The minimum Gasteiger partial charge on any atom is -0.317 e. The van der Waals surface area contributed by atoms with Crippen molar-refractivity contribution in [3.63, 3.8) is 0 Å². The number of hydrogen-bond donors (Lipinski definition) is 1. The number of carbonyl (C=O) groups is 1. The summed E-state index contributed by atoms with van der Waals surface area (Å²) in [5.74, 6) is -0.529. The van der Waals surface area contributed by atoms with Gasteiger partial charge in [-0.1, -0.05) is 18.2 Å². The van der Waals surface area contributed by atoms with Crippen LogP contribution in [0.3, 0.4) is 0 Å². The highest BCUT2D eigenvalue weighted by atomic mass is 127. The molecule has 1 aromatic heterocycles. The zero-order chi connectivity index (χ0) is 24.3. The first-order valence-corrected chi connectivity index (χ1v) is 13.2. The number of carbonyl (C=O) groups excluding carboxylic acids is 1. The van der Waals surface area contributed by atoms with Crippen LogP contribution in [0, 0.1) is 31.3 Å². The summed E-state index contributed by atoms with van der Waals surface area (Å²) in [6.07, 6.45) is 2.66. The van der Waals surface area contributed by atoms with Gasteiger partial charge in [-0.2, -0.15) is 5.10 Å². The van der Waals surface area contributed by atoms with Crippen LogP contribution < -0.4 is 9.73 Å². The second kappa shape index (κ2) is 10.1. The topological polar surface area (TPSA) is 83.8 Å². The fraction of sp³-hybridized carbons (Fsp3) is 0.250. The number of aromatic nitrogens is 1. The van der Waals surface area contributed by atoms with Gasteiger partial charge in [0.05, 0.1) is 23.8 Å². The molecule has 1 N–H and O–H groups in total. The molecule has 0 unspecified atom stereocenters. The largest absolute Gasteiger partial charge is 0.317 e. The molecular weight excluding hydrogens is 551 g/mol. The maximum Gasteiger partial charge on any atom is 0.260 e. The first-order chi connectivity index (χ1) is 15.5. The van der Waals surface area contributed by atoms with Crippen LogP contribution in [0.15, 0.2) is 53.6 Å². The molecule has 3 aromatic rings. The molecule has 0 spiro atoms. The molecule has 9 heteroatoms. The average Bonchev–Trinajstić information content (AvgIpc) is 3.00. The van der Waals surface area contributed by atoms with Gasteiger partial charge in [-0.3, -0.25) is 9.10 Å². The Morgan fingerprint density at radius 1 is 1.09 bits per heavy atom. The fourth-order valence-electron chi connectivity index (χ4n) is 3.77. The van der Waals surface area contributed by atoms with Crippen molar-refractivity contribution in [3.8, 4) is 5.69 Å². The second-order valence-corrected chi connectivity index (χ2v) is 11.1. The van der Waals surface area contributed by atoms with Gasteiger partial charge in [0.25, 0.3) is 5.91 Å². The number of nitrogens with one attached hydrogen (secondary N) is 1. The molecular formula is C24H27IN4O3S. The molecule has 0 saturated heterocycles. The van der Waals surface area contributed by atoms with Crippen LogP contribution in [0.25, 0.3) is 5.69 Å². The Kier molecular flexibility index (Phi) is 7.63. The first kappa shape index (κ1) is 25.0. The molecule has 3 rings (SSSR count). The molecule has 1 heterocycles. The summed E-state index contributed by atoms with van der Waals surface area (Å²) in [6, 6.07) is 15.1. The molecule has 0 aliphatic carbocycles. The number of hydrogen-bond acceptors (Lipinski definition) is 4. The summed E-state index contributed by atoms with van der Waals surface area (Å²) >= 11 is 2.14. The van der Waals surface area contributed by atoms with Crippen LogP contribution in [0.2, 0.25) is 0 Å². The lowest BCUT2D eigenvalue weighted by Crippen LogP contribution is -2.39. The van der Waals surface area contributed by atoms with Gasteiger partial charge in [-0.15, -0.1) is 0 Å². The molecule has 0 bridgehead atoms. The van der Waals surface area contributed by atoms with E-state index in [1.54, 1.807) is 30.5 Å². The van der Waals surface area contributed by atoms with Crippen molar-refractivity contribution < 1.29 is 13.2 Å². The lowest BCUT2D eigenvalue weighted by molar-refractivity contribution is -0.119. The van der Waals surface area contributed by atoms with E-state index >= 15 is 0 Å². The highest BCUT2D eigenvalue weighted by Crippen LogP contribution is 2.25. The molecule has 0 radical (unpaired) electrons. The molecule has 33 heavy (non-hydrogen) atoms. The number of anilines is 1. The Labute approximate surface area is 208 Å². The number of nitrogens with zero attached hydrogens (tertiary/aromatic N) is 3. The van der Waals surface area contributed by atoms with Crippen molar-refractivity contribution in [2.45, 2.75) is 27.7 Å². The van der Waals surface area contributed by atoms with Crippen LogP contribution in [0.5, 0.6) is 0 Å². The number of rotatable bonds is 7. The minimum absolute atomic E-state index is 0.363.